The summed E-state index contributed by atoms with van der Waals surface area (Å²) in [5, 5.41) is 3.79. The molecular weight excluding hydrogens is 260 g/mol. The molecule has 1 fully saturated rings. The molecule has 0 amide bonds. The van der Waals surface area contributed by atoms with Crippen LogP contribution in [0.25, 0.3) is 0 Å². The Morgan fingerprint density at radius 2 is 2.00 bits per heavy atom. The minimum atomic E-state index is 0.344. The van der Waals surface area contributed by atoms with Crippen LogP contribution >= 0.6 is 0 Å². The van der Waals surface area contributed by atoms with Gasteiger partial charge >= 0.3 is 0 Å². The van der Waals surface area contributed by atoms with Gasteiger partial charge in [-0.1, -0.05) is 20.3 Å². The van der Waals surface area contributed by atoms with Crippen molar-refractivity contribution in [3.63, 3.8) is 0 Å². The topological polar surface area (TPSA) is 24.5 Å². The summed E-state index contributed by atoms with van der Waals surface area (Å²) in [6, 6.07) is 0.723. The average molecular weight is 299 g/mol. The van der Waals surface area contributed by atoms with Crippen LogP contribution in [0.3, 0.4) is 0 Å². The largest absolute Gasteiger partial charge is 0.377 e. The number of ether oxygens (including phenoxy) is 1. The van der Waals surface area contributed by atoms with Gasteiger partial charge in [-0.05, 0) is 65.0 Å². The average Bonchev–Trinajstić information content (AvgIpc) is 2.45. The molecule has 0 aromatic carbocycles. The zero-order chi connectivity index (χ0) is 15.7. The van der Waals surface area contributed by atoms with Crippen LogP contribution in [-0.2, 0) is 4.74 Å². The molecule has 0 bridgehead atoms. The summed E-state index contributed by atoms with van der Waals surface area (Å²) in [6.45, 7) is 13.1. The maximum atomic E-state index is 5.68. The monoisotopic (exact) mass is 298 g/mol. The van der Waals surface area contributed by atoms with E-state index in [4.69, 9.17) is 4.74 Å². The Morgan fingerprint density at radius 1 is 1.24 bits per heavy atom. The Bertz CT molecular complexity index is 258. The van der Waals surface area contributed by atoms with Crippen LogP contribution in [0.2, 0.25) is 0 Å². The zero-order valence-electron chi connectivity index (χ0n) is 15.0. The van der Waals surface area contributed by atoms with Gasteiger partial charge in [-0.2, -0.15) is 0 Å². The maximum Gasteiger partial charge on any atom is 0.0596 e. The Labute approximate surface area is 132 Å². The highest BCUT2D eigenvalue weighted by Gasteiger charge is 2.29. The standard InChI is InChI=1S/C18H38N2O/c1-6-10-19-18-9-8-16(7-2)13-17(18)14-20(5)11-12-21-15(3)4/h15-19H,6-14H2,1-5H3. The van der Waals surface area contributed by atoms with Crippen LogP contribution in [0.1, 0.15) is 59.8 Å². The smallest absolute Gasteiger partial charge is 0.0596 e. The van der Waals surface area contributed by atoms with Crippen molar-refractivity contribution < 1.29 is 4.74 Å². The molecule has 0 saturated heterocycles. The van der Waals surface area contributed by atoms with Gasteiger partial charge in [0.05, 0.1) is 12.7 Å². The summed E-state index contributed by atoms with van der Waals surface area (Å²) in [7, 11) is 2.25. The lowest BCUT2D eigenvalue weighted by Crippen LogP contribution is -2.45. The van der Waals surface area contributed by atoms with Gasteiger partial charge in [-0.15, -0.1) is 0 Å². The lowest BCUT2D eigenvalue weighted by molar-refractivity contribution is 0.0561. The summed E-state index contributed by atoms with van der Waals surface area (Å²) in [5.41, 5.74) is 0. The van der Waals surface area contributed by atoms with E-state index < -0.39 is 0 Å². The summed E-state index contributed by atoms with van der Waals surface area (Å²) < 4.78 is 5.68. The highest BCUT2D eigenvalue weighted by molar-refractivity contribution is 4.86. The van der Waals surface area contributed by atoms with E-state index in [2.05, 4.69) is 45.0 Å². The molecule has 0 aliphatic heterocycles. The third-order valence-corrected chi connectivity index (χ3v) is 4.80. The Balaban J connectivity index is 2.40. The van der Waals surface area contributed by atoms with Crippen LogP contribution in [0, 0.1) is 11.8 Å². The van der Waals surface area contributed by atoms with Crippen LogP contribution in [0.4, 0.5) is 0 Å². The molecule has 3 unspecified atom stereocenters. The van der Waals surface area contributed by atoms with Crippen molar-refractivity contribution in [3.05, 3.63) is 0 Å². The van der Waals surface area contributed by atoms with E-state index in [9.17, 15) is 0 Å². The van der Waals surface area contributed by atoms with Gasteiger partial charge < -0.3 is 15.0 Å². The predicted octanol–water partition coefficient (Wildman–Crippen LogP) is 3.54. The van der Waals surface area contributed by atoms with E-state index in [1.165, 1.54) is 38.6 Å². The molecular formula is C18H38N2O. The maximum absolute atomic E-state index is 5.68. The van der Waals surface area contributed by atoms with Crippen molar-refractivity contribution in [1.29, 1.82) is 0 Å². The van der Waals surface area contributed by atoms with Crippen LogP contribution < -0.4 is 5.32 Å². The molecule has 0 aromatic heterocycles. The summed E-state index contributed by atoms with van der Waals surface area (Å²) in [4.78, 5) is 2.46. The fourth-order valence-corrected chi connectivity index (χ4v) is 3.47. The third kappa shape index (κ3) is 7.62. The Hall–Kier alpha value is -0.120. The molecule has 0 aromatic rings. The first-order valence-electron chi connectivity index (χ1n) is 9.10. The molecule has 0 spiro atoms. The molecule has 3 heteroatoms. The molecule has 3 nitrogen and oxygen atoms in total. The lowest BCUT2D eigenvalue weighted by Gasteiger charge is -2.38. The second-order valence-electron chi connectivity index (χ2n) is 7.09. The minimum absolute atomic E-state index is 0.344. The molecule has 1 aliphatic rings. The molecule has 1 saturated carbocycles. The lowest BCUT2D eigenvalue weighted by atomic mass is 9.76. The van der Waals surface area contributed by atoms with Gasteiger partial charge in [-0.3, -0.25) is 0 Å². The molecule has 21 heavy (non-hydrogen) atoms. The number of rotatable bonds is 10. The van der Waals surface area contributed by atoms with E-state index in [-0.39, 0.29) is 0 Å². The van der Waals surface area contributed by atoms with Crippen molar-refractivity contribution in [1.82, 2.24) is 10.2 Å². The van der Waals surface area contributed by atoms with Gasteiger partial charge in [0.2, 0.25) is 0 Å². The fourth-order valence-electron chi connectivity index (χ4n) is 3.47. The van der Waals surface area contributed by atoms with Crippen LogP contribution in [0.5, 0.6) is 0 Å². The highest BCUT2D eigenvalue weighted by Crippen LogP contribution is 2.31. The Kier molecular flexibility index (Phi) is 9.54. The van der Waals surface area contributed by atoms with E-state index in [1.807, 2.05) is 0 Å². The number of nitrogens with zero attached hydrogens (tertiary/aromatic N) is 1. The predicted molar refractivity (Wildman–Crippen MR) is 91.8 cm³/mol. The van der Waals surface area contributed by atoms with E-state index in [0.29, 0.717) is 6.10 Å². The molecule has 1 aliphatic carbocycles. The number of likely N-dealkylation sites (N-methyl/N-ethyl adjacent to an activating group) is 1. The van der Waals surface area contributed by atoms with Gasteiger partial charge in [-0.25, -0.2) is 0 Å². The molecule has 0 heterocycles. The van der Waals surface area contributed by atoms with Crippen LogP contribution in [0.15, 0.2) is 0 Å². The quantitative estimate of drug-likeness (QED) is 0.667. The summed E-state index contributed by atoms with van der Waals surface area (Å²) in [6.07, 6.45) is 7.09. The number of nitrogens with one attached hydrogen (secondary N) is 1. The summed E-state index contributed by atoms with van der Waals surface area (Å²) in [5.74, 6) is 1.74. The normalized spacial score (nSPS) is 26.7. The first-order valence-corrected chi connectivity index (χ1v) is 9.10. The summed E-state index contributed by atoms with van der Waals surface area (Å²) >= 11 is 0. The first-order chi connectivity index (χ1) is 10.1. The molecule has 126 valence electrons. The highest BCUT2D eigenvalue weighted by atomic mass is 16.5. The van der Waals surface area contributed by atoms with Crippen molar-refractivity contribution in [2.24, 2.45) is 11.8 Å². The molecule has 1 N–H and O–H groups in total. The SMILES string of the molecule is CCCNC1CCC(CC)CC1CN(C)CCOC(C)C. The van der Waals surface area contributed by atoms with Crippen molar-refractivity contribution in [2.45, 2.75) is 71.9 Å². The first kappa shape index (κ1) is 18.9. The number of hydrogen-bond donors (Lipinski definition) is 1. The molecule has 0 radical (unpaired) electrons. The minimum Gasteiger partial charge on any atom is -0.377 e. The van der Waals surface area contributed by atoms with Crippen LogP contribution in [-0.4, -0.2) is 50.3 Å². The van der Waals surface area contributed by atoms with E-state index in [1.54, 1.807) is 0 Å². The van der Waals surface area contributed by atoms with Gasteiger partial charge in [0, 0.05) is 19.1 Å². The number of hydrogen-bond acceptors (Lipinski definition) is 3. The third-order valence-electron chi connectivity index (χ3n) is 4.80. The van der Waals surface area contributed by atoms with E-state index >= 15 is 0 Å². The fraction of sp³-hybridized carbons (Fsp3) is 1.00. The van der Waals surface area contributed by atoms with Gasteiger partial charge in [0.1, 0.15) is 0 Å². The van der Waals surface area contributed by atoms with Crippen molar-refractivity contribution >= 4 is 0 Å². The van der Waals surface area contributed by atoms with E-state index in [0.717, 1.165) is 37.6 Å². The zero-order valence-corrected chi connectivity index (χ0v) is 15.0. The van der Waals surface area contributed by atoms with Gasteiger partial charge in [0.15, 0.2) is 0 Å². The molecule has 3 atom stereocenters. The van der Waals surface area contributed by atoms with Gasteiger partial charge in [0.25, 0.3) is 0 Å². The Morgan fingerprint density at radius 3 is 2.62 bits per heavy atom. The van der Waals surface area contributed by atoms with Crippen molar-refractivity contribution in [2.75, 3.05) is 33.3 Å². The van der Waals surface area contributed by atoms with Crippen molar-refractivity contribution in [3.8, 4) is 0 Å². The molecule has 1 rings (SSSR count). The second kappa shape index (κ2) is 10.6. The second-order valence-corrected chi connectivity index (χ2v) is 7.09.